The van der Waals surface area contributed by atoms with Crippen molar-refractivity contribution in [1.29, 1.82) is 0 Å². The maximum absolute atomic E-state index is 11.7. The van der Waals surface area contributed by atoms with Crippen LogP contribution in [0.2, 0.25) is 0 Å². The molecule has 0 aliphatic carbocycles. The molecule has 0 saturated heterocycles. The Morgan fingerprint density at radius 1 is 1.26 bits per heavy atom. The van der Waals surface area contributed by atoms with E-state index in [2.05, 4.69) is 20.7 Å². The van der Waals surface area contributed by atoms with E-state index in [-0.39, 0.29) is 16.3 Å². The number of halogens is 2. The topological polar surface area (TPSA) is 80.3 Å². The quantitative estimate of drug-likeness (QED) is 0.757. The average molecular weight is 391 g/mol. The number of unbranched alkanes of at least 4 members (excludes halogenated alkanes) is 1. The zero-order valence-electron chi connectivity index (χ0n) is 10.1. The molecule has 5 nitrogen and oxygen atoms in total. The third-order valence-corrected chi connectivity index (χ3v) is 5.62. The van der Waals surface area contributed by atoms with Crippen molar-refractivity contribution in [3.05, 3.63) is 22.7 Å². The van der Waals surface area contributed by atoms with Gasteiger partial charge in [-0.2, -0.15) is 0 Å². The highest BCUT2D eigenvalue weighted by Gasteiger charge is 2.15. The zero-order chi connectivity index (χ0) is 14.7. The van der Waals surface area contributed by atoms with E-state index < -0.39 is 19.1 Å². The Balaban J connectivity index is 2.99. The van der Waals surface area contributed by atoms with E-state index in [0.29, 0.717) is 10.9 Å². The first kappa shape index (κ1) is 16.7. The summed E-state index contributed by atoms with van der Waals surface area (Å²) in [6.07, 6.45) is 1.33. The lowest BCUT2D eigenvalue weighted by atomic mass is 10.3. The Kier molecular flexibility index (Phi) is 5.66. The van der Waals surface area contributed by atoms with E-state index in [1.165, 1.54) is 18.2 Å². The van der Waals surface area contributed by atoms with Crippen molar-refractivity contribution >= 4 is 51.4 Å². The predicted octanol–water partition coefficient (Wildman–Crippen LogP) is 2.92. The largest absolute Gasteiger partial charge is 0.282 e. The third kappa shape index (κ3) is 5.29. The van der Waals surface area contributed by atoms with E-state index in [1.807, 2.05) is 6.92 Å². The molecule has 1 rings (SSSR count). The third-order valence-electron chi connectivity index (χ3n) is 2.25. The Bertz CT molecular complexity index is 658. The van der Waals surface area contributed by atoms with Gasteiger partial charge in [-0.25, -0.2) is 16.8 Å². The van der Waals surface area contributed by atoms with Gasteiger partial charge in [0, 0.05) is 15.2 Å². The van der Waals surface area contributed by atoms with Crippen molar-refractivity contribution in [2.45, 2.75) is 24.7 Å². The van der Waals surface area contributed by atoms with Gasteiger partial charge in [-0.3, -0.25) is 4.72 Å². The second-order valence-corrected chi connectivity index (χ2v) is 9.12. The van der Waals surface area contributed by atoms with Crippen LogP contribution in [0.15, 0.2) is 27.6 Å². The lowest BCUT2D eigenvalue weighted by Gasteiger charge is -2.10. The van der Waals surface area contributed by atoms with Crippen molar-refractivity contribution < 1.29 is 16.8 Å². The van der Waals surface area contributed by atoms with E-state index in [9.17, 15) is 16.8 Å². The molecule has 0 heterocycles. The minimum Gasteiger partial charge on any atom is -0.282 e. The SMILES string of the molecule is CCCCS(=O)(=O)Nc1ccc(S(=O)(=O)Cl)cc1Br. The molecule has 9 heteroatoms. The van der Waals surface area contributed by atoms with Gasteiger partial charge < -0.3 is 0 Å². The van der Waals surface area contributed by atoms with E-state index in [0.717, 1.165) is 6.42 Å². The second kappa shape index (κ2) is 6.43. The molecule has 19 heavy (non-hydrogen) atoms. The van der Waals surface area contributed by atoms with Gasteiger partial charge in [0.05, 0.1) is 16.3 Å². The first-order chi connectivity index (χ1) is 8.65. The molecule has 0 fully saturated rings. The molecule has 108 valence electrons. The molecular weight excluding hydrogens is 378 g/mol. The molecule has 0 aromatic heterocycles. The fourth-order valence-corrected chi connectivity index (χ4v) is 4.10. The maximum Gasteiger partial charge on any atom is 0.261 e. The molecule has 0 saturated carbocycles. The minimum atomic E-state index is -3.83. The summed E-state index contributed by atoms with van der Waals surface area (Å²) in [7, 11) is -2.07. The summed E-state index contributed by atoms with van der Waals surface area (Å²) >= 11 is 3.11. The highest BCUT2D eigenvalue weighted by Crippen LogP contribution is 2.28. The van der Waals surface area contributed by atoms with Gasteiger partial charge in [0.15, 0.2) is 0 Å². The molecule has 0 amide bonds. The van der Waals surface area contributed by atoms with Crippen LogP contribution in [0.5, 0.6) is 0 Å². The van der Waals surface area contributed by atoms with Gasteiger partial charge in [0.1, 0.15) is 0 Å². The number of benzene rings is 1. The molecule has 1 N–H and O–H groups in total. The number of rotatable bonds is 6. The van der Waals surface area contributed by atoms with E-state index >= 15 is 0 Å². The van der Waals surface area contributed by atoms with Crippen LogP contribution in [-0.4, -0.2) is 22.6 Å². The lowest BCUT2D eigenvalue weighted by Crippen LogP contribution is -2.16. The maximum atomic E-state index is 11.7. The second-order valence-electron chi connectivity index (χ2n) is 3.85. The van der Waals surface area contributed by atoms with Crippen LogP contribution in [0.25, 0.3) is 0 Å². The first-order valence-electron chi connectivity index (χ1n) is 5.40. The summed E-state index contributed by atoms with van der Waals surface area (Å²) in [6.45, 7) is 1.89. The fourth-order valence-electron chi connectivity index (χ4n) is 1.28. The van der Waals surface area contributed by atoms with Gasteiger partial charge in [0.25, 0.3) is 9.05 Å². The monoisotopic (exact) mass is 389 g/mol. The van der Waals surface area contributed by atoms with Gasteiger partial charge in [-0.15, -0.1) is 0 Å². The Labute approximate surface area is 126 Å². The molecule has 0 aliphatic rings. The summed E-state index contributed by atoms with van der Waals surface area (Å²) in [4.78, 5) is -0.0995. The van der Waals surface area contributed by atoms with E-state index in [1.54, 1.807) is 0 Å². The number of hydrogen-bond donors (Lipinski definition) is 1. The molecule has 0 unspecified atom stereocenters. The standard InChI is InChI=1S/C10H13BrClNO4S2/c1-2-3-6-18(14,15)13-10-5-4-8(7-9(10)11)19(12,16)17/h4-5,7,13H,2-3,6H2,1H3. The highest BCUT2D eigenvalue weighted by atomic mass is 79.9. The zero-order valence-corrected chi connectivity index (χ0v) is 14.0. The van der Waals surface area contributed by atoms with Crippen molar-refractivity contribution in [2.24, 2.45) is 0 Å². The number of hydrogen-bond acceptors (Lipinski definition) is 4. The van der Waals surface area contributed by atoms with Crippen molar-refractivity contribution in [3.63, 3.8) is 0 Å². The first-order valence-corrected chi connectivity index (χ1v) is 10.2. The molecular formula is C10H13BrClNO4S2. The molecule has 0 bridgehead atoms. The van der Waals surface area contributed by atoms with Crippen LogP contribution in [-0.2, 0) is 19.1 Å². The predicted molar refractivity (Wildman–Crippen MR) is 79.5 cm³/mol. The van der Waals surface area contributed by atoms with Crippen LogP contribution in [0.1, 0.15) is 19.8 Å². The smallest absolute Gasteiger partial charge is 0.261 e. The molecule has 1 aromatic rings. The van der Waals surface area contributed by atoms with Gasteiger partial charge in [-0.1, -0.05) is 13.3 Å². The normalized spacial score (nSPS) is 12.4. The Morgan fingerprint density at radius 2 is 1.89 bits per heavy atom. The van der Waals surface area contributed by atoms with Crippen LogP contribution >= 0.6 is 26.6 Å². The number of anilines is 1. The summed E-state index contributed by atoms with van der Waals surface area (Å²) in [5.41, 5.74) is 0.278. The van der Waals surface area contributed by atoms with E-state index in [4.69, 9.17) is 10.7 Å². The van der Waals surface area contributed by atoms with Gasteiger partial charge >= 0.3 is 0 Å². The number of nitrogens with one attached hydrogen (secondary N) is 1. The van der Waals surface area contributed by atoms with Crippen LogP contribution in [0.3, 0.4) is 0 Å². The molecule has 0 atom stereocenters. The van der Waals surface area contributed by atoms with Crippen molar-refractivity contribution in [3.8, 4) is 0 Å². The van der Waals surface area contributed by atoms with Crippen molar-refractivity contribution in [2.75, 3.05) is 10.5 Å². The molecule has 0 radical (unpaired) electrons. The molecule has 0 aliphatic heterocycles. The molecule has 0 spiro atoms. The average Bonchev–Trinajstić information content (AvgIpc) is 2.27. The van der Waals surface area contributed by atoms with Crippen LogP contribution < -0.4 is 4.72 Å². The van der Waals surface area contributed by atoms with Crippen LogP contribution in [0, 0.1) is 0 Å². The number of sulfonamides is 1. The minimum absolute atomic E-state index is 0.0193. The lowest BCUT2D eigenvalue weighted by molar-refractivity contribution is 0.597. The van der Waals surface area contributed by atoms with Gasteiger partial charge in [-0.05, 0) is 40.5 Å². The summed E-state index contributed by atoms with van der Waals surface area (Å²) < 4.78 is 48.4. The molecule has 1 aromatic carbocycles. The summed E-state index contributed by atoms with van der Waals surface area (Å²) in [5, 5.41) is 0. The summed E-state index contributed by atoms with van der Waals surface area (Å²) in [6, 6.07) is 3.84. The fraction of sp³-hybridized carbons (Fsp3) is 0.400. The van der Waals surface area contributed by atoms with Crippen molar-refractivity contribution in [1.82, 2.24) is 0 Å². The highest BCUT2D eigenvalue weighted by molar-refractivity contribution is 9.10. The Hall–Kier alpha value is -0.310. The summed E-state index contributed by atoms with van der Waals surface area (Å²) in [5.74, 6) is 0.0193. The Morgan fingerprint density at radius 3 is 2.37 bits per heavy atom. The van der Waals surface area contributed by atoms with Gasteiger partial charge in [0.2, 0.25) is 10.0 Å². The van der Waals surface area contributed by atoms with Crippen LogP contribution in [0.4, 0.5) is 5.69 Å².